The number of anilines is 1. The first-order valence-electron chi connectivity index (χ1n) is 10.6. The molecule has 0 spiro atoms. The van der Waals surface area contributed by atoms with Crippen LogP contribution in [0.15, 0.2) is 73.4 Å². The summed E-state index contributed by atoms with van der Waals surface area (Å²) in [7, 11) is 1.61. The third-order valence-electron chi connectivity index (χ3n) is 4.98. The number of carbonyl (C=O) groups excluding carboxylic acids is 2. The predicted molar refractivity (Wildman–Crippen MR) is 126 cm³/mol. The lowest BCUT2D eigenvalue weighted by atomic mass is 10.1. The molecule has 0 fully saturated rings. The monoisotopic (exact) mass is 432 g/mol. The summed E-state index contributed by atoms with van der Waals surface area (Å²) in [4.78, 5) is 25.6. The van der Waals surface area contributed by atoms with Crippen molar-refractivity contribution in [2.45, 2.75) is 26.3 Å². The van der Waals surface area contributed by atoms with Gasteiger partial charge in [0.1, 0.15) is 5.75 Å². The Hall–Kier alpha value is -3.80. The zero-order valence-electron chi connectivity index (χ0n) is 18.5. The second kappa shape index (κ2) is 11.0. The van der Waals surface area contributed by atoms with Crippen LogP contribution < -0.4 is 10.1 Å². The van der Waals surface area contributed by atoms with Gasteiger partial charge in [-0.1, -0.05) is 48.5 Å². The first-order valence-corrected chi connectivity index (χ1v) is 10.6. The summed E-state index contributed by atoms with van der Waals surface area (Å²) in [5.74, 6) is 0.0459. The van der Waals surface area contributed by atoms with Gasteiger partial charge in [0.15, 0.2) is 5.69 Å². The van der Waals surface area contributed by atoms with E-state index in [1.54, 1.807) is 20.1 Å². The van der Waals surface area contributed by atoms with E-state index in [-0.39, 0.29) is 18.9 Å². The molecule has 6 heteroatoms. The van der Waals surface area contributed by atoms with Gasteiger partial charge in [-0.15, -0.1) is 6.58 Å². The number of aromatic nitrogens is 1. The lowest BCUT2D eigenvalue weighted by Crippen LogP contribution is -2.18. The van der Waals surface area contributed by atoms with Crippen LogP contribution in [0.5, 0.6) is 5.75 Å². The molecule has 0 bridgehead atoms. The highest BCUT2D eigenvalue weighted by atomic mass is 16.5. The summed E-state index contributed by atoms with van der Waals surface area (Å²) in [5, 5.41) is 2.95. The van der Waals surface area contributed by atoms with Crippen molar-refractivity contribution >= 4 is 17.6 Å². The molecule has 3 aromatic rings. The third kappa shape index (κ3) is 5.46. The molecule has 0 aliphatic carbocycles. The molecule has 3 rings (SSSR count). The molecular weight excluding hydrogens is 404 g/mol. The Morgan fingerprint density at radius 2 is 1.81 bits per heavy atom. The van der Waals surface area contributed by atoms with Crippen LogP contribution in [-0.4, -0.2) is 30.2 Å². The van der Waals surface area contributed by atoms with Crippen molar-refractivity contribution in [2.24, 2.45) is 0 Å². The first kappa shape index (κ1) is 22.9. The molecule has 32 heavy (non-hydrogen) atoms. The molecule has 0 unspecified atom stereocenters. The van der Waals surface area contributed by atoms with Gasteiger partial charge in [-0.2, -0.15) is 0 Å². The topological polar surface area (TPSA) is 69.6 Å². The van der Waals surface area contributed by atoms with Gasteiger partial charge in [-0.05, 0) is 36.6 Å². The molecule has 0 saturated carbocycles. The summed E-state index contributed by atoms with van der Waals surface area (Å²) in [6, 6.07) is 17.3. The van der Waals surface area contributed by atoms with Gasteiger partial charge < -0.3 is 19.4 Å². The maximum atomic E-state index is 13.0. The van der Waals surface area contributed by atoms with Crippen molar-refractivity contribution in [3.63, 3.8) is 0 Å². The number of carbonyl (C=O) groups is 2. The van der Waals surface area contributed by atoms with Crippen LogP contribution in [0.3, 0.4) is 0 Å². The summed E-state index contributed by atoms with van der Waals surface area (Å²) < 4.78 is 12.4. The minimum absolute atomic E-state index is 0.192. The van der Waals surface area contributed by atoms with Crippen molar-refractivity contribution in [1.29, 1.82) is 0 Å². The van der Waals surface area contributed by atoms with E-state index in [4.69, 9.17) is 9.47 Å². The Morgan fingerprint density at radius 1 is 1.09 bits per heavy atom. The molecule has 1 aromatic heterocycles. The van der Waals surface area contributed by atoms with E-state index in [2.05, 4.69) is 11.9 Å². The summed E-state index contributed by atoms with van der Waals surface area (Å²) >= 11 is 0. The van der Waals surface area contributed by atoms with Gasteiger partial charge in [-0.25, -0.2) is 4.79 Å². The number of amides is 1. The van der Waals surface area contributed by atoms with Crippen LogP contribution >= 0.6 is 0 Å². The molecule has 0 aliphatic rings. The van der Waals surface area contributed by atoms with Crippen LogP contribution in [0.4, 0.5) is 5.69 Å². The highest BCUT2D eigenvalue weighted by molar-refractivity contribution is 6.05. The predicted octanol–water partition coefficient (Wildman–Crippen LogP) is 5.29. The standard InChI is InChI=1S/C26H28N2O4/c1-4-6-12-23(29)27-24-22(20-13-15-21(31-3)16-14-20)18-28(25(24)26(30)32-5-2)17-19-10-8-7-9-11-19/h4,7-11,13-16,18H,1,5-6,12,17H2,2-3H3,(H,27,29). The lowest BCUT2D eigenvalue weighted by molar-refractivity contribution is -0.116. The molecule has 1 N–H and O–H groups in total. The van der Waals surface area contributed by atoms with Gasteiger partial charge >= 0.3 is 5.97 Å². The van der Waals surface area contributed by atoms with E-state index in [0.717, 1.165) is 22.4 Å². The first-order chi connectivity index (χ1) is 15.6. The fraction of sp³-hybridized carbons (Fsp3) is 0.231. The van der Waals surface area contributed by atoms with Crippen molar-refractivity contribution < 1.29 is 19.1 Å². The number of allylic oxidation sites excluding steroid dienone is 1. The highest BCUT2D eigenvalue weighted by Gasteiger charge is 2.25. The number of hydrogen-bond donors (Lipinski definition) is 1. The maximum Gasteiger partial charge on any atom is 0.357 e. The quantitative estimate of drug-likeness (QED) is 0.349. The van der Waals surface area contributed by atoms with Crippen LogP contribution in [0.1, 0.15) is 35.8 Å². The molecule has 0 radical (unpaired) electrons. The molecule has 1 heterocycles. The van der Waals surface area contributed by atoms with Crippen LogP contribution in [0, 0.1) is 0 Å². The number of esters is 1. The minimum Gasteiger partial charge on any atom is -0.497 e. The van der Waals surface area contributed by atoms with Gasteiger partial charge in [0.25, 0.3) is 0 Å². The van der Waals surface area contributed by atoms with Crippen LogP contribution in [-0.2, 0) is 16.1 Å². The summed E-state index contributed by atoms with van der Waals surface area (Å²) in [6.07, 6.45) is 4.39. The van der Waals surface area contributed by atoms with Crippen molar-refractivity contribution in [2.75, 3.05) is 19.0 Å². The van der Waals surface area contributed by atoms with E-state index < -0.39 is 5.97 Å². The smallest absolute Gasteiger partial charge is 0.357 e. The van der Waals surface area contributed by atoms with E-state index >= 15 is 0 Å². The van der Waals surface area contributed by atoms with Gasteiger partial charge in [0.2, 0.25) is 5.91 Å². The van der Waals surface area contributed by atoms with Crippen molar-refractivity contribution in [3.8, 4) is 16.9 Å². The number of benzene rings is 2. The number of ether oxygens (including phenoxy) is 2. The van der Waals surface area contributed by atoms with Crippen molar-refractivity contribution in [3.05, 3.63) is 84.7 Å². The molecule has 1 amide bonds. The number of nitrogens with zero attached hydrogens (tertiary/aromatic N) is 1. The Kier molecular flexibility index (Phi) is 7.86. The fourth-order valence-corrected chi connectivity index (χ4v) is 3.43. The molecule has 166 valence electrons. The minimum atomic E-state index is -0.484. The number of hydrogen-bond acceptors (Lipinski definition) is 4. The average Bonchev–Trinajstić information content (AvgIpc) is 3.16. The van der Waals surface area contributed by atoms with Crippen LogP contribution in [0.25, 0.3) is 11.1 Å². The second-order valence-corrected chi connectivity index (χ2v) is 7.20. The van der Waals surface area contributed by atoms with Gasteiger partial charge in [0, 0.05) is 24.7 Å². The Bertz CT molecular complexity index is 1070. The Balaban J connectivity index is 2.13. The van der Waals surface area contributed by atoms with E-state index in [1.807, 2.05) is 65.4 Å². The molecule has 0 saturated heterocycles. The lowest BCUT2D eigenvalue weighted by Gasteiger charge is -2.12. The SMILES string of the molecule is C=CCCC(=O)Nc1c(-c2ccc(OC)cc2)cn(Cc2ccccc2)c1C(=O)OCC. The summed E-state index contributed by atoms with van der Waals surface area (Å²) in [6.45, 7) is 6.12. The largest absolute Gasteiger partial charge is 0.497 e. The van der Waals surface area contributed by atoms with Crippen molar-refractivity contribution in [1.82, 2.24) is 4.57 Å². The zero-order chi connectivity index (χ0) is 22.9. The summed E-state index contributed by atoms with van der Waals surface area (Å²) in [5.41, 5.74) is 3.37. The normalized spacial score (nSPS) is 10.4. The van der Waals surface area contributed by atoms with Gasteiger partial charge in [-0.3, -0.25) is 4.79 Å². The third-order valence-corrected chi connectivity index (χ3v) is 4.98. The maximum absolute atomic E-state index is 13.0. The van der Waals surface area contributed by atoms with Crippen LogP contribution in [0.2, 0.25) is 0 Å². The second-order valence-electron chi connectivity index (χ2n) is 7.20. The number of nitrogens with one attached hydrogen (secondary N) is 1. The highest BCUT2D eigenvalue weighted by Crippen LogP contribution is 2.35. The van der Waals surface area contributed by atoms with Gasteiger partial charge in [0.05, 0.1) is 19.4 Å². The molecular formula is C26H28N2O4. The fourth-order valence-electron chi connectivity index (χ4n) is 3.43. The number of methoxy groups -OCH3 is 1. The molecule has 2 aromatic carbocycles. The molecule has 0 atom stereocenters. The Morgan fingerprint density at radius 3 is 2.44 bits per heavy atom. The Labute approximate surface area is 188 Å². The number of rotatable bonds is 10. The van der Waals surface area contributed by atoms with E-state index in [0.29, 0.717) is 24.3 Å². The molecule has 6 nitrogen and oxygen atoms in total. The average molecular weight is 433 g/mol. The van der Waals surface area contributed by atoms with E-state index in [1.165, 1.54) is 0 Å². The molecule has 0 aliphatic heterocycles. The van der Waals surface area contributed by atoms with E-state index in [9.17, 15) is 9.59 Å². The zero-order valence-corrected chi connectivity index (χ0v) is 18.5.